The van der Waals surface area contributed by atoms with Crippen molar-refractivity contribution in [1.29, 1.82) is 10.5 Å². The predicted octanol–water partition coefficient (Wildman–Crippen LogP) is 3.75. The van der Waals surface area contributed by atoms with Gasteiger partial charge in [0.1, 0.15) is 45.5 Å². The van der Waals surface area contributed by atoms with E-state index in [1.165, 1.54) is 12.3 Å². The number of carbonyl (C=O) groups is 1. The molecule has 0 saturated carbocycles. The molecule has 0 amide bonds. The number of nitriles is 2. The molecule has 4 aromatic rings. The van der Waals surface area contributed by atoms with Crippen molar-refractivity contribution >= 4 is 34.3 Å². The molecule has 4 rings (SSSR count). The second-order valence-electron chi connectivity index (χ2n) is 6.33. The van der Waals surface area contributed by atoms with E-state index in [2.05, 4.69) is 4.98 Å². The lowest BCUT2D eigenvalue weighted by Crippen LogP contribution is -2.16. The fourth-order valence-corrected chi connectivity index (χ4v) is 3.92. The minimum Gasteiger partial charge on any atom is -0.464 e. The SMILES string of the molecule is N#Cc1c(N)nc(SCC(=O)c2cc3ccccc3oc2=O)c(C#N)c1-c1ccco1. The number of fused-ring (bicyclic) bond motifs is 1. The molecule has 0 bridgehead atoms. The molecule has 0 radical (unpaired) electrons. The quantitative estimate of drug-likeness (QED) is 0.285. The van der Waals surface area contributed by atoms with Crippen molar-refractivity contribution < 1.29 is 13.6 Å². The van der Waals surface area contributed by atoms with E-state index in [0.29, 0.717) is 11.0 Å². The van der Waals surface area contributed by atoms with Crippen molar-refractivity contribution in [1.82, 2.24) is 4.98 Å². The monoisotopic (exact) mass is 428 g/mol. The van der Waals surface area contributed by atoms with Gasteiger partial charge in [-0.1, -0.05) is 30.0 Å². The predicted molar refractivity (Wildman–Crippen MR) is 113 cm³/mol. The minimum atomic E-state index is -0.742. The molecular weight excluding hydrogens is 416 g/mol. The topological polar surface area (TPSA) is 147 Å². The number of anilines is 1. The summed E-state index contributed by atoms with van der Waals surface area (Å²) >= 11 is 0.939. The summed E-state index contributed by atoms with van der Waals surface area (Å²) in [6.45, 7) is 0. The van der Waals surface area contributed by atoms with Gasteiger partial charge in [-0.2, -0.15) is 10.5 Å². The molecule has 3 aromatic heterocycles. The van der Waals surface area contributed by atoms with Gasteiger partial charge < -0.3 is 14.6 Å². The van der Waals surface area contributed by atoms with E-state index in [1.54, 1.807) is 36.4 Å². The van der Waals surface area contributed by atoms with Gasteiger partial charge in [0.05, 0.1) is 23.1 Å². The lowest BCUT2D eigenvalue weighted by atomic mass is 10.0. The number of thioether (sulfide) groups is 1. The lowest BCUT2D eigenvalue weighted by Gasteiger charge is -2.10. The van der Waals surface area contributed by atoms with Crippen molar-refractivity contribution in [2.45, 2.75) is 5.03 Å². The fraction of sp³-hybridized carbons (Fsp3) is 0.0455. The largest absolute Gasteiger partial charge is 0.464 e. The minimum absolute atomic E-state index is 0.0114. The van der Waals surface area contributed by atoms with Crippen molar-refractivity contribution in [3.63, 3.8) is 0 Å². The Bertz CT molecular complexity index is 1460. The van der Waals surface area contributed by atoms with Gasteiger partial charge in [0, 0.05) is 5.39 Å². The Morgan fingerprint density at radius 2 is 1.90 bits per heavy atom. The molecule has 3 heterocycles. The highest BCUT2D eigenvalue weighted by atomic mass is 32.2. The zero-order valence-electron chi connectivity index (χ0n) is 15.8. The highest BCUT2D eigenvalue weighted by Gasteiger charge is 2.23. The normalized spacial score (nSPS) is 10.5. The van der Waals surface area contributed by atoms with Crippen LogP contribution in [-0.2, 0) is 0 Å². The first-order chi connectivity index (χ1) is 15.0. The van der Waals surface area contributed by atoms with E-state index in [1.807, 2.05) is 12.1 Å². The van der Waals surface area contributed by atoms with Crippen LogP contribution in [0, 0.1) is 22.7 Å². The Labute approximate surface area is 179 Å². The molecule has 0 atom stereocenters. The maximum Gasteiger partial charge on any atom is 0.347 e. The van der Waals surface area contributed by atoms with E-state index in [4.69, 9.17) is 14.6 Å². The summed E-state index contributed by atoms with van der Waals surface area (Å²) in [6.07, 6.45) is 1.41. The Hall–Kier alpha value is -4.34. The Morgan fingerprint density at radius 1 is 1.13 bits per heavy atom. The molecule has 150 valence electrons. The number of hydrogen-bond acceptors (Lipinski definition) is 9. The number of ketones is 1. The second kappa shape index (κ2) is 8.19. The van der Waals surface area contributed by atoms with Crippen molar-refractivity contribution in [3.05, 3.63) is 75.8 Å². The number of furan rings is 1. The van der Waals surface area contributed by atoms with Gasteiger partial charge in [-0.15, -0.1) is 0 Å². The standard InChI is InChI=1S/C22H12N4O4S/c23-9-14-19(18-6-3-7-29-18)15(10-24)21(26-20(14)25)31-11-16(27)13-8-12-4-1-2-5-17(12)30-22(13)28/h1-8H,11H2,(H2,25,26). The van der Waals surface area contributed by atoms with Crippen molar-refractivity contribution in [2.75, 3.05) is 11.5 Å². The number of nitrogen functional groups attached to an aromatic ring is 1. The Kier molecular flexibility index (Phi) is 5.27. The summed E-state index contributed by atoms with van der Waals surface area (Å²) in [7, 11) is 0. The highest BCUT2D eigenvalue weighted by Crippen LogP contribution is 2.35. The number of benzene rings is 1. The van der Waals surface area contributed by atoms with E-state index in [9.17, 15) is 20.1 Å². The molecule has 0 spiro atoms. The summed E-state index contributed by atoms with van der Waals surface area (Å²) in [4.78, 5) is 29.1. The van der Waals surface area contributed by atoms with Crippen LogP contribution >= 0.6 is 11.8 Å². The van der Waals surface area contributed by atoms with Gasteiger partial charge in [0.2, 0.25) is 0 Å². The zero-order chi connectivity index (χ0) is 22.0. The second-order valence-corrected chi connectivity index (χ2v) is 7.29. The molecule has 0 fully saturated rings. The van der Waals surface area contributed by atoms with Gasteiger partial charge in [-0.25, -0.2) is 9.78 Å². The average molecular weight is 428 g/mol. The molecule has 8 nitrogen and oxygen atoms in total. The molecule has 0 unspecified atom stereocenters. The third-order valence-electron chi connectivity index (χ3n) is 4.46. The molecule has 0 aliphatic rings. The molecule has 0 aliphatic heterocycles. The van der Waals surface area contributed by atoms with Crippen LogP contribution in [0.3, 0.4) is 0 Å². The van der Waals surface area contributed by atoms with Crippen LogP contribution in [-0.4, -0.2) is 16.5 Å². The maximum atomic E-state index is 12.7. The summed E-state index contributed by atoms with van der Waals surface area (Å²) in [5.41, 5.74) is 5.74. The number of nitrogens with two attached hydrogens (primary N) is 1. The average Bonchev–Trinajstić information content (AvgIpc) is 3.31. The number of aromatic nitrogens is 1. The van der Waals surface area contributed by atoms with Crippen LogP contribution in [0.5, 0.6) is 0 Å². The van der Waals surface area contributed by atoms with E-state index in [-0.39, 0.29) is 44.6 Å². The fourth-order valence-electron chi connectivity index (χ4n) is 3.04. The van der Waals surface area contributed by atoms with Gasteiger partial charge in [-0.05, 0) is 24.3 Å². The van der Waals surface area contributed by atoms with Gasteiger partial charge in [0.25, 0.3) is 0 Å². The summed E-state index contributed by atoms with van der Waals surface area (Å²) in [5.74, 6) is -0.482. The molecule has 0 saturated heterocycles. The van der Waals surface area contributed by atoms with E-state index in [0.717, 1.165) is 11.8 Å². The lowest BCUT2D eigenvalue weighted by molar-refractivity contribution is 0.101. The zero-order valence-corrected chi connectivity index (χ0v) is 16.6. The van der Waals surface area contributed by atoms with Crippen LogP contribution in [0.2, 0.25) is 0 Å². The molecule has 31 heavy (non-hydrogen) atoms. The molecule has 2 N–H and O–H groups in total. The molecule has 0 aliphatic carbocycles. The third-order valence-corrected chi connectivity index (χ3v) is 5.44. The number of rotatable bonds is 5. The number of hydrogen-bond donors (Lipinski definition) is 1. The van der Waals surface area contributed by atoms with Gasteiger partial charge >= 0.3 is 5.63 Å². The van der Waals surface area contributed by atoms with Crippen LogP contribution in [0.15, 0.2) is 67.4 Å². The molecule has 1 aromatic carbocycles. The Balaban J connectivity index is 1.70. The molecular formula is C22H12N4O4S. The first kappa shape index (κ1) is 20.0. The number of Topliss-reactive ketones (excluding diaryl/α,β-unsaturated/α-hetero) is 1. The smallest absolute Gasteiger partial charge is 0.347 e. The van der Waals surface area contributed by atoms with Gasteiger partial charge in [0.15, 0.2) is 5.78 Å². The van der Waals surface area contributed by atoms with Crippen LogP contribution in [0.4, 0.5) is 5.82 Å². The number of pyridine rings is 1. The number of carbonyl (C=O) groups excluding carboxylic acids is 1. The first-order valence-corrected chi connectivity index (χ1v) is 9.88. The molecule has 9 heteroatoms. The van der Waals surface area contributed by atoms with Gasteiger partial charge in [-0.3, -0.25) is 4.79 Å². The van der Waals surface area contributed by atoms with Crippen molar-refractivity contribution in [3.8, 4) is 23.5 Å². The van der Waals surface area contributed by atoms with E-state index >= 15 is 0 Å². The summed E-state index contributed by atoms with van der Waals surface area (Å²) in [6, 6.07) is 15.5. The third kappa shape index (κ3) is 3.66. The van der Waals surface area contributed by atoms with Crippen LogP contribution in [0.25, 0.3) is 22.3 Å². The summed E-state index contributed by atoms with van der Waals surface area (Å²) < 4.78 is 10.6. The first-order valence-electron chi connectivity index (χ1n) is 8.90. The van der Waals surface area contributed by atoms with Crippen LogP contribution in [0.1, 0.15) is 21.5 Å². The van der Waals surface area contributed by atoms with Crippen LogP contribution < -0.4 is 11.4 Å². The Morgan fingerprint density at radius 3 is 2.61 bits per heavy atom. The van der Waals surface area contributed by atoms with Crippen molar-refractivity contribution in [2.24, 2.45) is 0 Å². The number of nitrogens with zero attached hydrogens (tertiary/aromatic N) is 3. The maximum absolute atomic E-state index is 12.7. The number of para-hydroxylation sites is 1. The van der Waals surface area contributed by atoms with E-state index < -0.39 is 11.4 Å². The summed E-state index contributed by atoms with van der Waals surface area (Å²) in [5, 5.41) is 20.0. The highest BCUT2D eigenvalue weighted by molar-refractivity contribution is 8.00.